The molecule has 0 bridgehead atoms. The number of hydrogen-bond donors (Lipinski definition) is 1. The Morgan fingerprint density at radius 1 is 0.609 bits per heavy atom. The van der Waals surface area contributed by atoms with Gasteiger partial charge in [0.2, 0.25) is 0 Å². The SMILES string of the molecule is [2H]C([2H])([2H])c1ccc(-c2ccnc(-c3[c-]c(-c4cccc5c4nc(-c4cc(C(C)C)cc(C(C)C)c4O)n5-c4ccc(-c5ccccc5)cc4C(C)(C)C)cc(-c4ccccc4)c3)c2)cc1.[Pt]. The molecule has 2 aromatic heterocycles. The zero-order valence-electron chi connectivity index (χ0n) is 40.3. The first kappa shape index (κ1) is 40.4. The Hall–Kier alpha value is -6.35. The number of aryl methyl sites for hydroxylation is 1. The predicted molar refractivity (Wildman–Crippen MR) is 264 cm³/mol. The van der Waals surface area contributed by atoms with Gasteiger partial charge in [0.15, 0.2) is 0 Å². The number of aromatic hydroxyl groups is 1. The van der Waals surface area contributed by atoms with Gasteiger partial charge < -0.3 is 5.11 Å². The first-order valence-corrected chi connectivity index (χ1v) is 21.8. The van der Waals surface area contributed by atoms with Crippen molar-refractivity contribution in [2.45, 2.75) is 72.6 Å². The summed E-state index contributed by atoms with van der Waals surface area (Å²) in [6.07, 6.45) is 1.79. The minimum atomic E-state index is -2.18. The van der Waals surface area contributed by atoms with Crippen LogP contribution in [-0.4, -0.2) is 19.6 Å². The van der Waals surface area contributed by atoms with Crippen LogP contribution in [0.3, 0.4) is 0 Å². The maximum Gasteiger partial charge on any atom is 0.148 e. The fourth-order valence-corrected chi connectivity index (χ4v) is 8.58. The van der Waals surface area contributed by atoms with Gasteiger partial charge in [-0.1, -0.05) is 186 Å². The molecule has 0 saturated heterocycles. The number of phenols is 1. The van der Waals surface area contributed by atoms with Gasteiger partial charge in [0.05, 0.1) is 22.3 Å². The first-order chi connectivity index (χ1) is 31.5. The van der Waals surface area contributed by atoms with E-state index in [1.165, 1.54) is 0 Å². The predicted octanol–water partition coefficient (Wildman–Crippen LogP) is 15.8. The Balaban J connectivity index is 0.00000608. The van der Waals surface area contributed by atoms with E-state index in [0.717, 1.165) is 89.2 Å². The van der Waals surface area contributed by atoms with Gasteiger partial charge in [0.1, 0.15) is 11.6 Å². The zero-order chi connectivity index (χ0) is 46.5. The molecule has 0 fully saturated rings. The van der Waals surface area contributed by atoms with Crippen LogP contribution < -0.4 is 0 Å². The number of imidazole rings is 1. The number of rotatable bonds is 9. The molecule has 0 radical (unpaired) electrons. The van der Waals surface area contributed by atoms with E-state index in [-0.39, 0.29) is 44.1 Å². The van der Waals surface area contributed by atoms with E-state index in [1.54, 1.807) is 18.3 Å². The summed E-state index contributed by atoms with van der Waals surface area (Å²) in [4.78, 5) is 10.5. The van der Waals surface area contributed by atoms with Gasteiger partial charge in [-0.3, -0.25) is 9.55 Å². The van der Waals surface area contributed by atoms with Crippen LogP contribution in [0.1, 0.15) is 86.7 Å². The summed E-state index contributed by atoms with van der Waals surface area (Å²) < 4.78 is 25.8. The molecule has 0 amide bonds. The van der Waals surface area contributed by atoms with Crippen molar-refractivity contribution in [2.75, 3.05) is 0 Å². The minimum absolute atomic E-state index is 0. The van der Waals surface area contributed by atoms with Gasteiger partial charge in [-0.2, -0.15) is 0 Å². The molecular weight excluding hydrogens is 962 g/mol. The third kappa shape index (κ3) is 8.65. The number of pyridine rings is 1. The number of fused-ring (bicyclic) bond motifs is 1. The molecule has 2 heterocycles. The molecule has 322 valence electrons. The summed E-state index contributed by atoms with van der Waals surface area (Å²) >= 11 is 0. The van der Waals surface area contributed by atoms with E-state index in [2.05, 4.69) is 156 Å². The molecule has 0 aliphatic rings. The molecular formula is C59H54N3OPt-. The number of aromatic nitrogens is 3. The number of benzene rings is 7. The summed E-state index contributed by atoms with van der Waals surface area (Å²) in [6.45, 7) is 13.2. The van der Waals surface area contributed by atoms with Gasteiger partial charge in [0.25, 0.3) is 0 Å². The van der Waals surface area contributed by atoms with Gasteiger partial charge in [-0.25, -0.2) is 4.98 Å². The molecule has 9 rings (SSSR count). The molecule has 9 aromatic rings. The van der Waals surface area contributed by atoms with E-state index >= 15 is 0 Å². The number of hydrogen-bond acceptors (Lipinski definition) is 3. The number of phenolic OH excluding ortho intramolecular Hbond substituents is 1. The second-order valence-electron chi connectivity index (χ2n) is 18.2. The van der Waals surface area contributed by atoms with Crippen molar-refractivity contribution >= 4 is 11.0 Å². The van der Waals surface area contributed by atoms with Crippen LogP contribution in [0.4, 0.5) is 0 Å². The molecule has 0 atom stereocenters. The molecule has 64 heavy (non-hydrogen) atoms. The van der Waals surface area contributed by atoms with Crippen LogP contribution in [0.15, 0.2) is 164 Å². The first-order valence-electron chi connectivity index (χ1n) is 23.3. The Kier molecular flexibility index (Phi) is 11.4. The van der Waals surface area contributed by atoms with E-state index in [4.69, 9.17) is 14.1 Å². The smallest absolute Gasteiger partial charge is 0.148 e. The quantitative estimate of drug-likeness (QED) is 0.147. The second kappa shape index (κ2) is 18.0. The van der Waals surface area contributed by atoms with Crippen LogP contribution in [0.25, 0.3) is 83.9 Å². The monoisotopic (exact) mass is 1020 g/mol. The van der Waals surface area contributed by atoms with Crippen molar-refractivity contribution < 1.29 is 30.3 Å². The third-order valence-corrected chi connectivity index (χ3v) is 12.0. The van der Waals surface area contributed by atoms with Crippen molar-refractivity contribution in [3.63, 3.8) is 0 Å². The van der Waals surface area contributed by atoms with Crippen molar-refractivity contribution in [3.8, 4) is 78.6 Å². The molecule has 0 aliphatic carbocycles. The van der Waals surface area contributed by atoms with E-state index in [0.29, 0.717) is 17.0 Å². The summed E-state index contributed by atoms with van der Waals surface area (Å²) in [7, 11) is 0. The van der Waals surface area contributed by atoms with Crippen molar-refractivity contribution in [1.29, 1.82) is 0 Å². The summed E-state index contributed by atoms with van der Waals surface area (Å²) in [6, 6.07) is 57.2. The Bertz CT molecular complexity index is 3220. The van der Waals surface area contributed by atoms with Gasteiger partial charge >= 0.3 is 0 Å². The third-order valence-electron chi connectivity index (χ3n) is 12.0. The van der Waals surface area contributed by atoms with Crippen molar-refractivity contribution in [3.05, 3.63) is 192 Å². The fourth-order valence-electron chi connectivity index (χ4n) is 8.58. The van der Waals surface area contributed by atoms with Gasteiger partial charge in [-0.05, 0) is 98.9 Å². The Morgan fingerprint density at radius 3 is 1.91 bits per heavy atom. The summed E-state index contributed by atoms with van der Waals surface area (Å²) in [5.41, 5.74) is 16.0. The Labute approximate surface area is 397 Å². The van der Waals surface area contributed by atoms with Crippen LogP contribution >= 0.6 is 0 Å². The zero-order valence-corrected chi connectivity index (χ0v) is 39.6. The minimum Gasteiger partial charge on any atom is -0.507 e. The van der Waals surface area contributed by atoms with Crippen molar-refractivity contribution in [1.82, 2.24) is 14.5 Å². The molecule has 5 heteroatoms. The van der Waals surface area contributed by atoms with Gasteiger partial charge in [-0.15, -0.1) is 23.8 Å². The topological polar surface area (TPSA) is 50.9 Å². The maximum absolute atomic E-state index is 12.3. The van der Waals surface area contributed by atoms with Crippen LogP contribution in [0, 0.1) is 12.9 Å². The fraction of sp³-hybridized carbons (Fsp3) is 0.186. The van der Waals surface area contributed by atoms with Crippen LogP contribution in [0.2, 0.25) is 0 Å². The van der Waals surface area contributed by atoms with Gasteiger partial charge in [0, 0.05) is 37.1 Å². The normalized spacial score (nSPS) is 12.5. The standard InChI is InChI=1S/C59H54N3O.Pt/c1-37(2)45-33-50(38(3)4)57(63)51(34-45)58-61-56-49(20-15-21-55(56)62(58)54-27-26-43(35-52(54)59(6,7)8)40-16-11-9-12-17-40)47-30-46(41-18-13-10-14-19-41)31-48(32-47)53-36-44(28-29-60-53)42-24-22-39(5)23-25-42;/h9-31,33-38,63H,1-8H3;/q-1;/i5D3;. The Morgan fingerprint density at radius 2 is 1.25 bits per heavy atom. The van der Waals surface area contributed by atoms with E-state index in [1.807, 2.05) is 48.5 Å². The summed E-state index contributed by atoms with van der Waals surface area (Å²) in [5.74, 6) is 1.21. The molecule has 0 spiro atoms. The van der Waals surface area contributed by atoms with E-state index in [9.17, 15) is 5.11 Å². The largest absolute Gasteiger partial charge is 0.507 e. The van der Waals surface area contributed by atoms with E-state index < -0.39 is 6.85 Å². The molecule has 1 N–H and O–H groups in total. The van der Waals surface area contributed by atoms with Crippen LogP contribution in [-0.2, 0) is 26.5 Å². The summed E-state index contributed by atoms with van der Waals surface area (Å²) in [5, 5.41) is 12.3. The maximum atomic E-state index is 12.3. The van der Waals surface area contributed by atoms with Crippen molar-refractivity contribution in [2.24, 2.45) is 0 Å². The number of nitrogens with zero attached hydrogens (tertiary/aromatic N) is 3. The van der Waals surface area contributed by atoms with Crippen LogP contribution in [0.5, 0.6) is 5.75 Å². The molecule has 0 aliphatic heterocycles. The number of para-hydroxylation sites is 1. The average molecular weight is 1020 g/mol. The molecule has 7 aromatic carbocycles. The average Bonchev–Trinajstić information content (AvgIpc) is 3.70. The molecule has 4 nitrogen and oxygen atoms in total. The second-order valence-corrected chi connectivity index (χ2v) is 18.2. The molecule has 0 saturated carbocycles. The molecule has 0 unspecified atom stereocenters.